The third-order valence-electron chi connectivity index (χ3n) is 3.04. The maximum Gasteiger partial charge on any atom is 0.120 e. The van der Waals surface area contributed by atoms with Gasteiger partial charge in [0.15, 0.2) is 0 Å². The summed E-state index contributed by atoms with van der Waals surface area (Å²) < 4.78 is 13.6. The quantitative estimate of drug-likeness (QED) is 0.710. The minimum Gasteiger partial charge on any atom is -0.491 e. The molecule has 0 saturated carbocycles. The maximum atomic E-state index is 5.72. The monoisotopic (exact) mass is 275 g/mol. The van der Waals surface area contributed by atoms with E-state index in [-0.39, 0.29) is 6.10 Å². The van der Waals surface area contributed by atoms with E-state index in [4.69, 9.17) is 9.47 Å². The summed E-state index contributed by atoms with van der Waals surface area (Å²) in [5, 5.41) is 1.21. The van der Waals surface area contributed by atoms with E-state index in [1.54, 1.807) is 0 Å². The van der Waals surface area contributed by atoms with E-state index in [9.17, 15) is 0 Å². The molecule has 0 radical (unpaired) electrons. The largest absolute Gasteiger partial charge is 0.491 e. The van der Waals surface area contributed by atoms with E-state index in [0.29, 0.717) is 5.92 Å². The molecule has 0 amide bonds. The number of rotatable bonds is 7. The van der Waals surface area contributed by atoms with Gasteiger partial charge in [-0.2, -0.15) is 0 Å². The van der Waals surface area contributed by atoms with Crippen molar-refractivity contribution in [3.05, 3.63) is 30.5 Å². The molecule has 0 aliphatic carbocycles. The molecular formula is C17H25NO2. The van der Waals surface area contributed by atoms with Crippen LogP contribution in [-0.4, -0.2) is 23.9 Å². The van der Waals surface area contributed by atoms with Crippen LogP contribution in [0.5, 0.6) is 5.75 Å². The Bertz CT molecular complexity index is 543. The third kappa shape index (κ3) is 4.01. The lowest BCUT2D eigenvalue weighted by atomic mass is 10.2. The maximum absolute atomic E-state index is 5.72. The Hall–Kier alpha value is -1.48. The number of benzene rings is 1. The SMILES string of the molecule is CC(C)COCCn1ccc2cc(OC(C)C)ccc21. The van der Waals surface area contributed by atoms with Crippen molar-refractivity contribution in [2.45, 2.75) is 40.3 Å². The van der Waals surface area contributed by atoms with Gasteiger partial charge in [-0.05, 0) is 44.0 Å². The van der Waals surface area contributed by atoms with Crippen LogP contribution in [0.4, 0.5) is 0 Å². The summed E-state index contributed by atoms with van der Waals surface area (Å²) in [7, 11) is 0. The van der Waals surface area contributed by atoms with Gasteiger partial charge in [-0.3, -0.25) is 0 Å². The summed E-state index contributed by atoms with van der Waals surface area (Å²) in [6, 6.07) is 8.38. The minimum absolute atomic E-state index is 0.207. The Kier molecular flexibility index (Phi) is 5.07. The fourth-order valence-electron chi connectivity index (χ4n) is 2.20. The lowest BCUT2D eigenvalue weighted by Crippen LogP contribution is -2.08. The Morgan fingerprint density at radius 1 is 1.10 bits per heavy atom. The van der Waals surface area contributed by atoms with E-state index in [2.05, 4.69) is 42.8 Å². The van der Waals surface area contributed by atoms with Crippen LogP contribution in [-0.2, 0) is 11.3 Å². The Labute approximate surface area is 121 Å². The molecule has 2 rings (SSSR count). The molecule has 0 bridgehead atoms. The van der Waals surface area contributed by atoms with Crippen LogP contribution >= 0.6 is 0 Å². The number of nitrogens with zero attached hydrogens (tertiary/aromatic N) is 1. The van der Waals surface area contributed by atoms with Crippen molar-refractivity contribution >= 4 is 10.9 Å². The summed E-state index contributed by atoms with van der Waals surface area (Å²) in [6.45, 7) is 10.9. The predicted octanol–water partition coefficient (Wildman–Crippen LogP) is 4.10. The molecular weight excluding hydrogens is 250 g/mol. The second-order valence-electron chi connectivity index (χ2n) is 5.87. The van der Waals surface area contributed by atoms with Crippen LogP contribution < -0.4 is 4.74 Å². The molecule has 1 aromatic heterocycles. The molecule has 0 fully saturated rings. The lowest BCUT2D eigenvalue weighted by molar-refractivity contribution is 0.104. The first-order valence-electron chi connectivity index (χ1n) is 7.39. The number of ether oxygens (including phenoxy) is 2. The van der Waals surface area contributed by atoms with E-state index >= 15 is 0 Å². The van der Waals surface area contributed by atoms with E-state index in [1.165, 1.54) is 10.9 Å². The highest BCUT2D eigenvalue weighted by molar-refractivity contribution is 5.81. The number of hydrogen-bond acceptors (Lipinski definition) is 2. The second-order valence-corrected chi connectivity index (χ2v) is 5.87. The Morgan fingerprint density at radius 3 is 2.60 bits per heavy atom. The molecule has 0 N–H and O–H groups in total. The molecule has 1 heterocycles. The van der Waals surface area contributed by atoms with Crippen LogP contribution in [0.15, 0.2) is 30.5 Å². The van der Waals surface area contributed by atoms with Gasteiger partial charge in [0.2, 0.25) is 0 Å². The van der Waals surface area contributed by atoms with Gasteiger partial charge < -0.3 is 14.0 Å². The van der Waals surface area contributed by atoms with Crippen molar-refractivity contribution in [1.29, 1.82) is 0 Å². The molecule has 3 nitrogen and oxygen atoms in total. The average molecular weight is 275 g/mol. The first kappa shape index (κ1) is 14.9. The first-order chi connectivity index (χ1) is 9.56. The molecule has 20 heavy (non-hydrogen) atoms. The average Bonchev–Trinajstić information content (AvgIpc) is 2.76. The number of hydrogen-bond donors (Lipinski definition) is 0. The highest BCUT2D eigenvalue weighted by atomic mass is 16.5. The van der Waals surface area contributed by atoms with Crippen LogP contribution in [0.2, 0.25) is 0 Å². The van der Waals surface area contributed by atoms with Gasteiger partial charge in [0.25, 0.3) is 0 Å². The number of fused-ring (bicyclic) bond motifs is 1. The highest BCUT2D eigenvalue weighted by Crippen LogP contribution is 2.22. The molecule has 0 saturated heterocycles. The van der Waals surface area contributed by atoms with E-state index < -0.39 is 0 Å². The molecule has 0 aliphatic heterocycles. The summed E-state index contributed by atoms with van der Waals surface area (Å²) >= 11 is 0. The van der Waals surface area contributed by atoms with Gasteiger partial charge >= 0.3 is 0 Å². The molecule has 0 atom stereocenters. The van der Waals surface area contributed by atoms with Crippen molar-refractivity contribution in [1.82, 2.24) is 4.57 Å². The molecule has 1 aromatic carbocycles. The summed E-state index contributed by atoms with van der Waals surface area (Å²) in [4.78, 5) is 0. The van der Waals surface area contributed by atoms with Gasteiger partial charge in [-0.15, -0.1) is 0 Å². The number of aromatic nitrogens is 1. The molecule has 0 aliphatic rings. The molecule has 0 spiro atoms. The predicted molar refractivity (Wildman–Crippen MR) is 83.4 cm³/mol. The van der Waals surface area contributed by atoms with Gasteiger partial charge in [0.05, 0.1) is 12.7 Å². The molecule has 110 valence electrons. The normalized spacial score (nSPS) is 11.7. The lowest BCUT2D eigenvalue weighted by Gasteiger charge is -2.11. The molecule has 0 unspecified atom stereocenters. The molecule has 3 heteroatoms. The summed E-state index contributed by atoms with van der Waals surface area (Å²) in [5.41, 5.74) is 1.23. The van der Waals surface area contributed by atoms with Gasteiger partial charge in [-0.25, -0.2) is 0 Å². The standard InChI is InChI=1S/C17H25NO2/c1-13(2)12-19-10-9-18-8-7-15-11-16(20-14(3)4)5-6-17(15)18/h5-8,11,13-14H,9-10,12H2,1-4H3. The Morgan fingerprint density at radius 2 is 1.90 bits per heavy atom. The van der Waals surface area contributed by atoms with Crippen molar-refractivity contribution in [3.63, 3.8) is 0 Å². The van der Waals surface area contributed by atoms with Crippen LogP contribution in [0, 0.1) is 5.92 Å². The Balaban J connectivity index is 2.01. The third-order valence-corrected chi connectivity index (χ3v) is 3.04. The fraction of sp³-hybridized carbons (Fsp3) is 0.529. The van der Waals surface area contributed by atoms with E-state index in [1.807, 2.05) is 19.9 Å². The van der Waals surface area contributed by atoms with Crippen LogP contribution in [0.25, 0.3) is 10.9 Å². The first-order valence-corrected chi connectivity index (χ1v) is 7.39. The zero-order chi connectivity index (χ0) is 14.5. The van der Waals surface area contributed by atoms with Crippen LogP contribution in [0.3, 0.4) is 0 Å². The van der Waals surface area contributed by atoms with Crippen molar-refractivity contribution in [2.24, 2.45) is 5.92 Å². The summed E-state index contributed by atoms with van der Waals surface area (Å²) in [5.74, 6) is 1.52. The van der Waals surface area contributed by atoms with E-state index in [0.717, 1.165) is 25.5 Å². The van der Waals surface area contributed by atoms with Gasteiger partial charge in [0.1, 0.15) is 5.75 Å². The second kappa shape index (κ2) is 6.80. The minimum atomic E-state index is 0.207. The van der Waals surface area contributed by atoms with Gasteiger partial charge in [-0.1, -0.05) is 13.8 Å². The zero-order valence-electron chi connectivity index (χ0n) is 12.9. The van der Waals surface area contributed by atoms with Gasteiger partial charge in [0, 0.05) is 30.3 Å². The zero-order valence-corrected chi connectivity index (χ0v) is 12.9. The topological polar surface area (TPSA) is 23.4 Å². The smallest absolute Gasteiger partial charge is 0.120 e. The molecule has 2 aromatic rings. The highest BCUT2D eigenvalue weighted by Gasteiger charge is 2.04. The van der Waals surface area contributed by atoms with Crippen molar-refractivity contribution in [3.8, 4) is 5.75 Å². The van der Waals surface area contributed by atoms with Crippen molar-refractivity contribution in [2.75, 3.05) is 13.2 Å². The fourth-order valence-corrected chi connectivity index (χ4v) is 2.20. The van der Waals surface area contributed by atoms with Crippen LogP contribution in [0.1, 0.15) is 27.7 Å². The summed E-state index contributed by atoms with van der Waals surface area (Å²) in [6.07, 6.45) is 2.32. The van der Waals surface area contributed by atoms with Crippen molar-refractivity contribution < 1.29 is 9.47 Å².